The van der Waals surface area contributed by atoms with Gasteiger partial charge in [-0.1, -0.05) is 29.8 Å². The standard InChI is InChI=1S/C29H33ClN4O4/c1-20(36)18-38-25-8-9-26(23(13-25)14-31)34-12-11-33(16-27(34)22-4-6-24(30)7-5-22)19-29(2,37)28-10-3-21(17-35)15-32-28/h3-10,13,15,20,27,35-37H,11-12,16-19H2,1-2H3/t20-,27-,29+/m0/s1. The molecule has 0 radical (unpaired) electrons. The molecular weight excluding hydrogens is 504 g/mol. The van der Waals surface area contributed by atoms with Crippen LogP contribution in [0.3, 0.4) is 0 Å². The molecule has 1 aliphatic heterocycles. The predicted molar refractivity (Wildman–Crippen MR) is 146 cm³/mol. The second-order valence-corrected chi connectivity index (χ2v) is 10.4. The van der Waals surface area contributed by atoms with Crippen molar-refractivity contribution in [3.05, 3.63) is 88.2 Å². The van der Waals surface area contributed by atoms with Crippen molar-refractivity contribution in [3.63, 3.8) is 0 Å². The fraction of sp³-hybridized carbons (Fsp3) is 0.379. The summed E-state index contributed by atoms with van der Waals surface area (Å²) in [5.41, 5.74) is 2.37. The summed E-state index contributed by atoms with van der Waals surface area (Å²) in [6.07, 6.45) is 0.971. The van der Waals surface area contributed by atoms with E-state index in [0.29, 0.717) is 53.8 Å². The molecule has 3 aromatic rings. The van der Waals surface area contributed by atoms with E-state index in [2.05, 4.69) is 20.9 Å². The van der Waals surface area contributed by atoms with Crippen molar-refractivity contribution in [2.75, 3.05) is 37.7 Å². The Hall–Kier alpha value is -3.19. The molecule has 0 bridgehead atoms. The fourth-order valence-electron chi connectivity index (χ4n) is 4.76. The van der Waals surface area contributed by atoms with Gasteiger partial charge in [0.15, 0.2) is 0 Å². The first-order chi connectivity index (χ1) is 18.2. The molecule has 0 unspecified atom stereocenters. The Labute approximate surface area is 228 Å². The molecule has 9 heteroatoms. The molecule has 3 N–H and O–H groups in total. The van der Waals surface area contributed by atoms with Crippen LogP contribution in [0.15, 0.2) is 60.8 Å². The topological polar surface area (TPSA) is 113 Å². The Morgan fingerprint density at radius 2 is 1.95 bits per heavy atom. The van der Waals surface area contributed by atoms with E-state index in [1.54, 1.807) is 38.2 Å². The van der Waals surface area contributed by atoms with Gasteiger partial charge in [-0.25, -0.2) is 0 Å². The number of nitrogens with zero attached hydrogens (tertiary/aromatic N) is 4. The summed E-state index contributed by atoms with van der Waals surface area (Å²) >= 11 is 6.17. The van der Waals surface area contributed by atoms with E-state index in [0.717, 1.165) is 11.3 Å². The highest BCUT2D eigenvalue weighted by Crippen LogP contribution is 2.36. The number of piperazine rings is 1. The molecule has 1 aromatic heterocycles. The quantitative estimate of drug-likeness (QED) is 0.380. The van der Waals surface area contributed by atoms with Gasteiger partial charge in [-0.15, -0.1) is 0 Å². The van der Waals surface area contributed by atoms with Crippen LogP contribution in [-0.4, -0.2) is 64.1 Å². The number of benzene rings is 2. The number of pyridine rings is 1. The number of hydrogen-bond acceptors (Lipinski definition) is 8. The minimum absolute atomic E-state index is 0.0987. The van der Waals surface area contributed by atoms with Gasteiger partial charge in [-0.05, 0) is 61.4 Å². The first-order valence-corrected chi connectivity index (χ1v) is 13.0. The number of anilines is 1. The molecule has 200 valence electrons. The number of aliphatic hydroxyl groups excluding tert-OH is 2. The smallest absolute Gasteiger partial charge is 0.120 e. The van der Waals surface area contributed by atoms with E-state index < -0.39 is 11.7 Å². The molecule has 1 aliphatic rings. The van der Waals surface area contributed by atoms with Crippen LogP contribution in [0, 0.1) is 11.3 Å². The van der Waals surface area contributed by atoms with Gasteiger partial charge in [0.25, 0.3) is 0 Å². The zero-order chi connectivity index (χ0) is 27.3. The third-order valence-corrected chi connectivity index (χ3v) is 6.95. The number of aliphatic hydroxyl groups is 3. The Kier molecular flexibility index (Phi) is 8.87. The number of aromatic nitrogens is 1. The van der Waals surface area contributed by atoms with Crippen LogP contribution in [-0.2, 0) is 12.2 Å². The monoisotopic (exact) mass is 536 g/mol. The maximum absolute atomic E-state index is 11.3. The molecular formula is C29H33ClN4O4. The summed E-state index contributed by atoms with van der Waals surface area (Å²) in [6.45, 7) is 5.71. The zero-order valence-electron chi connectivity index (χ0n) is 21.6. The summed E-state index contributed by atoms with van der Waals surface area (Å²) < 4.78 is 5.62. The lowest BCUT2D eigenvalue weighted by Gasteiger charge is -2.45. The third kappa shape index (κ3) is 6.62. The molecule has 0 saturated carbocycles. The van der Waals surface area contributed by atoms with Gasteiger partial charge in [0.2, 0.25) is 0 Å². The summed E-state index contributed by atoms with van der Waals surface area (Å²) in [4.78, 5) is 8.77. The first kappa shape index (κ1) is 27.8. The molecule has 8 nitrogen and oxygen atoms in total. The molecule has 38 heavy (non-hydrogen) atoms. The second kappa shape index (κ2) is 12.1. The maximum Gasteiger partial charge on any atom is 0.120 e. The number of β-amino-alcohol motifs (C(OH)–C–C–N with tert-alkyl or cyclic N) is 1. The fourth-order valence-corrected chi connectivity index (χ4v) is 4.88. The molecule has 0 aliphatic carbocycles. The van der Waals surface area contributed by atoms with E-state index in [1.165, 1.54) is 0 Å². The third-order valence-electron chi connectivity index (χ3n) is 6.70. The molecule has 2 aromatic carbocycles. The number of hydrogen-bond donors (Lipinski definition) is 3. The Balaban J connectivity index is 1.60. The van der Waals surface area contributed by atoms with Gasteiger partial charge < -0.3 is 25.0 Å². The van der Waals surface area contributed by atoms with Gasteiger partial charge in [0.1, 0.15) is 24.0 Å². The van der Waals surface area contributed by atoms with Crippen LogP contribution in [0.2, 0.25) is 5.02 Å². The minimum Gasteiger partial charge on any atom is -0.491 e. The Bertz CT molecular complexity index is 1260. The molecule has 4 rings (SSSR count). The minimum atomic E-state index is -1.19. The highest BCUT2D eigenvalue weighted by atomic mass is 35.5. The SMILES string of the molecule is C[C@H](O)COc1ccc(N2CCN(C[C@@](C)(O)c3ccc(CO)cn3)C[C@H]2c2ccc(Cl)cc2)c(C#N)c1. The van der Waals surface area contributed by atoms with E-state index in [9.17, 15) is 20.6 Å². The number of rotatable bonds is 9. The molecule has 1 fully saturated rings. The average molecular weight is 537 g/mol. The van der Waals surface area contributed by atoms with E-state index >= 15 is 0 Å². The van der Waals surface area contributed by atoms with Crippen molar-refractivity contribution in [3.8, 4) is 11.8 Å². The van der Waals surface area contributed by atoms with Gasteiger partial charge in [-0.2, -0.15) is 5.26 Å². The highest BCUT2D eigenvalue weighted by Gasteiger charge is 2.34. The normalized spacial score (nSPS) is 18.4. The molecule has 0 spiro atoms. The Morgan fingerprint density at radius 1 is 1.18 bits per heavy atom. The second-order valence-electron chi connectivity index (χ2n) is 9.93. The van der Waals surface area contributed by atoms with Crippen molar-refractivity contribution in [2.45, 2.75) is 38.2 Å². The largest absolute Gasteiger partial charge is 0.491 e. The zero-order valence-corrected chi connectivity index (χ0v) is 22.3. The average Bonchev–Trinajstić information content (AvgIpc) is 2.92. The first-order valence-electron chi connectivity index (χ1n) is 12.6. The molecule has 0 amide bonds. The van der Waals surface area contributed by atoms with Crippen molar-refractivity contribution in [1.82, 2.24) is 9.88 Å². The van der Waals surface area contributed by atoms with Crippen molar-refractivity contribution in [1.29, 1.82) is 5.26 Å². The number of ether oxygens (including phenoxy) is 1. The Morgan fingerprint density at radius 3 is 2.58 bits per heavy atom. The summed E-state index contributed by atoms with van der Waals surface area (Å²) in [6, 6.07) is 18.8. The summed E-state index contributed by atoms with van der Waals surface area (Å²) in [5.74, 6) is 0.531. The van der Waals surface area contributed by atoms with Crippen LogP contribution in [0.5, 0.6) is 5.75 Å². The highest BCUT2D eigenvalue weighted by molar-refractivity contribution is 6.30. The number of halogens is 1. The maximum atomic E-state index is 11.3. The van der Waals surface area contributed by atoms with Crippen LogP contribution in [0.4, 0.5) is 5.69 Å². The van der Waals surface area contributed by atoms with Gasteiger partial charge in [-0.3, -0.25) is 9.88 Å². The summed E-state index contributed by atoms with van der Waals surface area (Å²) in [7, 11) is 0. The predicted octanol–water partition coefficient (Wildman–Crippen LogP) is 3.63. The molecule has 2 heterocycles. The van der Waals surface area contributed by atoms with E-state index in [4.69, 9.17) is 16.3 Å². The van der Waals surface area contributed by atoms with Crippen LogP contribution in [0.25, 0.3) is 0 Å². The van der Waals surface area contributed by atoms with E-state index in [1.807, 2.05) is 36.4 Å². The molecule has 3 atom stereocenters. The lowest BCUT2D eigenvalue weighted by Crippen LogP contribution is -2.52. The van der Waals surface area contributed by atoms with Gasteiger partial charge in [0.05, 0.1) is 35.7 Å². The summed E-state index contributed by atoms with van der Waals surface area (Å²) in [5, 5.41) is 40.7. The van der Waals surface area contributed by atoms with Crippen LogP contribution in [0.1, 0.15) is 42.3 Å². The van der Waals surface area contributed by atoms with Crippen molar-refractivity contribution < 1.29 is 20.1 Å². The number of nitriles is 1. The van der Waals surface area contributed by atoms with Crippen molar-refractivity contribution >= 4 is 17.3 Å². The molecule has 1 saturated heterocycles. The van der Waals surface area contributed by atoms with Crippen LogP contribution >= 0.6 is 11.6 Å². The van der Waals surface area contributed by atoms with Crippen molar-refractivity contribution in [2.24, 2.45) is 0 Å². The lowest BCUT2D eigenvalue weighted by molar-refractivity contribution is 0.00672. The van der Waals surface area contributed by atoms with Gasteiger partial charge in [0, 0.05) is 37.4 Å². The lowest BCUT2D eigenvalue weighted by atomic mass is 9.96. The van der Waals surface area contributed by atoms with Gasteiger partial charge >= 0.3 is 0 Å². The van der Waals surface area contributed by atoms with E-state index in [-0.39, 0.29) is 19.3 Å². The van der Waals surface area contributed by atoms with Crippen LogP contribution < -0.4 is 9.64 Å².